The van der Waals surface area contributed by atoms with Gasteiger partial charge < -0.3 is 28.4 Å². The molecule has 14 nitrogen and oxygen atoms in total. The van der Waals surface area contributed by atoms with Crippen molar-refractivity contribution in [3.63, 3.8) is 0 Å². The smallest absolute Gasteiger partial charge is 0.323 e. The normalized spacial score (nSPS) is 25.2. The highest BCUT2D eigenvalue weighted by atomic mass is 16.6. The lowest BCUT2D eigenvalue weighted by Crippen LogP contribution is -2.43. The lowest BCUT2D eigenvalue weighted by atomic mass is 9.74. The van der Waals surface area contributed by atoms with Gasteiger partial charge in [-0.2, -0.15) is 0 Å². The summed E-state index contributed by atoms with van der Waals surface area (Å²) in [6, 6.07) is 0. The molecule has 2 rings (SSSR count). The summed E-state index contributed by atoms with van der Waals surface area (Å²) in [5, 5.41) is 0. The first-order chi connectivity index (χ1) is 22.6. The second-order valence-electron chi connectivity index (χ2n) is 11.9. The molecular weight excluding hydrogens is 632 g/mol. The Balaban J connectivity index is 0.000000480. The van der Waals surface area contributed by atoms with Crippen LogP contribution in [-0.4, -0.2) is 90.0 Å². The number of carbonyl (C=O) groups is 8. The Morgan fingerprint density at radius 3 is 1.06 bits per heavy atom. The summed E-state index contributed by atoms with van der Waals surface area (Å²) in [6.45, 7) is 3.26. The van der Waals surface area contributed by atoms with Crippen molar-refractivity contribution >= 4 is 47.4 Å². The van der Waals surface area contributed by atoms with Gasteiger partial charge in [0.1, 0.15) is 11.6 Å². The van der Waals surface area contributed by atoms with Crippen molar-refractivity contribution in [2.24, 2.45) is 34.5 Å². The molecule has 0 unspecified atom stereocenters. The van der Waals surface area contributed by atoms with Gasteiger partial charge in [0, 0.05) is 24.7 Å². The van der Waals surface area contributed by atoms with Gasteiger partial charge in [-0.15, -0.1) is 0 Å². The number of methoxy groups -OCH3 is 6. The molecule has 0 aromatic heterocycles. The number of ketones is 2. The van der Waals surface area contributed by atoms with Crippen molar-refractivity contribution in [3.05, 3.63) is 24.3 Å². The number of carbonyl (C=O) groups excluding carboxylic acids is 8. The van der Waals surface area contributed by atoms with Crippen LogP contribution >= 0.6 is 0 Å². The molecule has 0 fully saturated rings. The van der Waals surface area contributed by atoms with Crippen LogP contribution < -0.4 is 0 Å². The second-order valence-corrected chi connectivity index (χ2v) is 11.9. The second kappa shape index (κ2) is 19.5. The van der Waals surface area contributed by atoms with Gasteiger partial charge in [0.25, 0.3) is 0 Å². The van der Waals surface area contributed by atoms with Crippen molar-refractivity contribution in [1.82, 2.24) is 0 Å². The first kappa shape index (κ1) is 41.7. The molecule has 4 atom stereocenters. The molecule has 0 heterocycles. The van der Waals surface area contributed by atoms with Crippen LogP contribution in [0, 0.1) is 34.5 Å². The van der Waals surface area contributed by atoms with E-state index in [9.17, 15) is 38.4 Å². The number of rotatable bonds is 6. The Hall–Kier alpha value is -4.36. The number of hydrogen-bond donors (Lipinski definition) is 0. The van der Waals surface area contributed by atoms with Gasteiger partial charge in [-0.05, 0) is 38.5 Å². The van der Waals surface area contributed by atoms with Gasteiger partial charge in [0.05, 0.1) is 54.5 Å². The minimum absolute atomic E-state index is 0.00337. The van der Waals surface area contributed by atoms with Gasteiger partial charge in [-0.3, -0.25) is 38.4 Å². The van der Waals surface area contributed by atoms with E-state index in [0.717, 1.165) is 0 Å². The predicted molar refractivity (Wildman–Crippen MR) is 167 cm³/mol. The first-order valence-corrected chi connectivity index (χ1v) is 15.5. The lowest BCUT2D eigenvalue weighted by molar-refractivity contribution is -0.172. The molecule has 2 aliphatic rings. The molecule has 0 aromatic carbocycles. The molecule has 2 aliphatic carbocycles. The fourth-order valence-electron chi connectivity index (χ4n) is 5.89. The van der Waals surface area contributed by atoms with Gasteiger partial charge in [-0.25, -0.2) is 0 Å². The van der Waals surface area contributed by atoms with E-state index < -0.39 is 70.3 Å². The molecule has 0 N–H and O–H groups in total. The summed E-state index contributed by atoms with van der Waals surface area (Å²) in [7, 11) is 7.31. The molecule has 268 valence electrons. The van der Waals surface area contributed by atoms with Crippen LogP contribution in [0.25, 0.3) is 0 Å². The number of Topliss-reactive ketones (excluding diaryl/α,β-unsaturated/α-hetero) is 2. The van der Waals surface area contributed by atoms with Crippen LogP contribution in [0.15, 0.2) is 24.3 Å². The highest BCUT2D eigenvalue weighted by Gasteiger charge is 2.50. The molecule has 0 aromatic rings. The van der Waals surface area contributed by atoms with Crippen molar-refractivity contribution in [2.45, 2.75) is 65.2 Å². The minimum atomic E-state index is -1.56. The van der Waals surface area contributed by atoms with Crippen molar-refractivity contribution in [2.75, 3.05) is 42.7 Å². The van der Waals surface area contributed by atoms with Crippen LogP contribution in [0.3, 0.4) is 0 Å². The Morgan fingerprint density at radius 2 is 0.812 bits per heavy atom. The van der Waals surface area contributed by atoms with Crippen molar-refractivity contribution in [3.8, 4) is 0 Å². The molecule has 0 radical (unpaired) electrons. The van der Waals surface area contributed by atoms with E-state index in [0.29, 0.717) is 12.8 Å². The average Bonchev–Trinajstić information content (AvgIpc) is 3.10. The summed E-state index contributed by atoms with van der Waals surface area (Å²) in [5.74, 6) is -6.60. The van der Waals surface area contributed by atoms with Gasteiger partial charge in [0.15, 0.2) is 10.8 Å². The van der Waals surface area contributed by atoms with E-state index in [1.807, 2.05) is 0 Å². The zero-order valence-electron chi connectivity index (χ0n) is 29.0. The first-order valence-electron chi connectivity index (χ1n) is 15.5. The average molecular weight is 681 g/mol. The Morgan fingerprint density at radius 1 is 0.521 bits per heavy atom. The number of esters is 6. The monoisotopic (exact) mass is 680 g/mol. The van der Waals surface area contributed by atoms with Crippen LogP contribution in [-0.2, 0) is 66.8 Å². The van der Waals surface area contributed by atoms with E-state index >= 15 is 0 Å². The maximum atomic E-state index is 12.4. The molecule has 0 saturated carbocycles. The van der Waals surface area contributed by atoms with Gasteiger partial charge in [-0.1, -0.05) is 38.2 Å². The zero-order valence-corrected chi connectivity index (χ0v) is 29.0. The molecule has 0 amide bonds. The van der Waals surface area contributed by atoms with Gasteiger partial charge in [0.2, 0.25) is 0 Å². The number of hydrogen-bond acceptors (Lipinski definition) is 14. The van der Waals surface area contributed by atoms with E-state index in [1.165, 1.54) is 42.7 Å². The van der Waals surface area contributed by atoms with Gasteiger partial charge >= 0.3 is 35.8 Å². The number of ether oxygens (including phenoxy) is 6. The van der Waals surface area contributed by atoms with Crippen molar-refractivity contribution < 1.29 is 66.8 Å². The summed E-state index contributed by atoms with van der Waals surface area (Å²) in [4.78, 5) is 97.5. The van der Waals surface area contributed by atoms with Crippen LogP contribution in [0.5, 0.6) is 0 Å². The third-order valence-electron chi connectivity index (χ3n) is 8.78. The van der Waals surface area contributed by atoms with Crippen LogP contribution in [0.2, 0.25) is 0 Å². The molecule has 48 heavy (non-hydrogen) atoms. The number of allylic oxidation sites excluding steroid dienone is 4. The molecule has 0 spiro atoms. The van der Waals surface area contributed by atoms with E-state index in [2.05, 4.69) is 0 Å². The third-order valence-corrected chi connectivity index (χ3v) is 8.78. The zero-order chi connectivity index (χ0) is 36.7. The molecular formula is C34H48O14. The quantitative estimate of drug-likeness (QED) is 0.172. The fourth-order valence-corrected chi connectivity index (χ4v) is 5.89. The maximum Gasteiger partial charge on any atom is 0.323 e. The molecule has 14 heteroatoms. The lowest BCUT2D eigenvalue weighted by Gasteiger charge is -2.30. The highest BCUT2D eigenvalue weighted by Crippen LogP contribution is 2.38. The topological polar surface area (TPSA) is 192 Å². The fraction of sp³-hybridized carbons (Fsp3) is 0.647. The SMILES string of the molecule is COC(=O)[C@H]1C/C=C/CC(C(=O)OC)(C(=O)OC)C[C@H](C)C(=O)C1.COC(=O)[C@H]1C/C=C/CC(C(=O)OC)(C(=O)OC)C[C@H](C)C(=O)C1. The Labute approximate surface area is 280 Å². The Bertz CT molecular complexity index is 1130. The maximum absolute atomic E-state index is 12.4. The highest BCUT2D eigenvalue weighted by molar-refractivity contribution is 6.02. The van der Waals surface area contributed by atoms with E-state index in [1.54, 1.807) is 38.2 Å². The predicted octanol–water partition coefficient (Wildman–Crippen LogP) is 2.89. The molecule has 0 saturated heterocycles. The standard InChI is InChI=1S/2C17H24O7/c2*1-11-10-17(15(20)23-3,16(21)24-4)8-6-5-7-12(9-13(11)18)14(19)22-2/h2*5-6,11-12H,7-10H2,1-4H3/b2*6-5+/t2*11-,12-/m00/s1. The summed E-state index contributed by atoms with van der Waals surface area (Å²) in [6.07, 6.45) is 7.22. The van der Waals surface area contributed by atoms with Crippen LogP contribution in [0.4, 0.5) is 0 Å². The largest absolute Gasteiger partial charge is 0.469 e. The molecule has 0 aliphatic heterocycles. The van der Waals surface area contributed by atoms with Crippen LogP contribution in [0.1, 0.15) is 65.2 Å². The summed E-state index contributed by atoms with van der Waals surface area (Å²) in [5.41, 5.74) is -3.12. The van der Waals surface area contributed by atoms with E-state index in [-0.39, 0.29) is 50.1 Å². The minimum Gasteiger partial charge on any atom is -0.469 e. The summed E-state index contributed by atoms with van der Waals surface area (Å²) >= 11 is 0. The van der Waals surface area contributed by atoms with E-state index in [4.69, 9.17) is 28.4 Å². The third kappa shape index (κ3) is 10.3. The Kier molecular flexibility index (Phi) is 16.9. The van der Waals surface area contributed by atoms with Crippen molar-refractivity contribution in [1.29, 1.82) is 0 Å². The molecule has 0 bridgehead atoms. The summed E-state index contributed by atoms with van der Waals surface area (Å²) < 4.78 is 28.6.